The lowest BCUT2D eigenvalue weighted by Crippen LogP contribution is -2.46. The van der Waals surface area contributed by atoms with Gasteiger partial charge in [-0.05, 0) is 19.4 Å². The van der Waals surface area contributed by atoms with E-state index in [0.29, 0.717) is 18.0 Å². The molecule has 26 heavy (non-hydrogen) atoms. The monoisotopic (exact) mass is 357 g/mol. The number of carbonyl (C=O) groups is 2. The van der Waals surface area contributed by atoms with E-state index in [4.69, 9.17) is 4.52 Å². The molecule has 2 atom stereocenters. The predicted molar refractivity (Wildman–Crippen MR) is 94.1 cm³/mol. The first-order valence-corrected chi connectivity index (χ1v) is 8.65. The van der Waals surface area contributed by atoms with E-state index in [1.807, 2.05) is 31.2 Å². The highest BCUT2D eigenvalue weighted by molar-refractivity contribution is 5.89. The fourth-order valence-electron chi connectivity index (χ4n) is 3.10. The molecule has 2 aromatic rings. The molecule has 138 valence electrons. The fourth-order valence-corrected chi connectivity index (χ4v) is 3.10. The zero-order valence-corrected chi connectivity index (χ0v) is 14.9. The van der Waals surface area contributed by atoms with Gasteiger partial charge in [0.15, 0.2) is 0 Å². The minimum atomic E-state index is -0.703. The Balaban J connectivity index is 1.61. The highest BCUT2D eigenvalue weighted by atomic mass is 16.5. The van der Waals surface area contributed by atoms with Crippen LogP contribution in [0.3, 0.4) is 0 Å². The topological polar surface area (TPSA) is 95.7 Å². The average molecular weight is 357 g/mol. The number of nitrogens with zero attached hydrogens (tertiary/aromatic N) is 2. The maximum Gasteiger partial charge on any atom is 0.243 e. The number of rotatable bonds is 5. The van der Waals surface area contributed by atoms with Gasteiger partial charge in [0.1, 0.15) is 11.8 Å². The third kappa shape index (κ3) is 4.29. The molecule has 3 rings (SSSR count). The van der Waals surface area contributed by atoms with Crippen molar-refractivity contribution >= 4 is 11.8 Å². The van der Waals surface area contributed by atoms with E-state index in [1.165, 1.54) is 4.90 Å². The van der Waals surface area contributed by atoms with E-state index in [0.717, 1.165) is 11.1 Å². The van der Waals surface area contributed by atoms with Crippen LogP contribution in [0.1, 0.15) is 29.0 Å². The molecule has 1 aliphatic rings. The largest absolute Gasteiger partial charge is 0.391 e. The first-order chi connectivity index (χ1) is 12.4. The van der Waals surface area contributed by atoms with Gasteiger partial charge in [-0.1, -0.05) is 35.0 Å². The third-order valence-corrected chi connectivity index (χ3v) is 4.49. The quantitative estimate of drug-likeness (QED) is 0.836. The first-order valence-electron chi connectivity index (χ1n) is 8.65. The molecule has 0 spiro atoms. The van der Waals surface area contributed by atoms with Crippen molar-refractivity contribution in [2.24, 2.45) is 0 Å². The van der Waals surface area contributed by atoms with Gasteiger partial charge in [-0.3, -0.25) is 9.59 Å². The summed E-state index contributed by atoms with van der Waals surface area (Å²) in [5.74, 6) is -0.0647. The Bertz CT molecular complexity index is 784. The molecule has 7 heteroatoms. The van der Waals surface area contributed by atoms with E-state index in [1.54, 1.807) is 13.0 Å². The Labute approximate surface area is 152 Å². The second-order valence-corrected chi connectivity index (χ2v) is 6.77. The molecule has 1 fully saturated rings. The summed E-state index contributed by atoms with van der Waals surface area (Å²) in [6.45, 7) is 4.31. The normalized spacial score (nSPS) is 19.6. The second kappa shape index (κ2) is 7.70. The molecule has 1 saturated heterocycles. The van der Waals surface area contributed by atoms with Crippen molar-refractivity contribution < 1.29 is 19.2 Å². The fraction of sp³-hybridized carbons (Fsp3) is 0.421. The maximum absolute atomic E-state index is 12.6. The molecule has 1 aromatic heterocycles. The van der Waals surface area contributed by atoms with Gasteiger partial charge in [-0.25, -0.2) is 0 Å². The molecule has 0 bridgehead atoms. The van der Waals surface area contributed by atoms with Crippen LogP contribution in [0.2, 0.25) is 0 Å². The Kier molecular flexibility index (Phi) is 5.37. The predicted octanol–water partition coefficient (Wildman–Crippen LogP) is 1.11. The van der Waals surface area contributed by atoms with Crippen LogP contribution in [0, 0.1) is 13.8 Å². The molecule has 2 N–H and O–H groups in total. The Morgan fingerprint density at radius 2 is 2.04 bits per heavy atom. The van der Waals surface area contributed by atoms with Gasteiger partial charge in [0, 0.05) is 25.6 Å². The molecule has 0 saturated carbocycles. The molecule has 0 radical (unpaired) electrons. The number of aryl methyl sites for hydroxylation is 2. The van der Waals surface area contributed by atoms with Gasteiger partial charge in [0.2, 0.25) is 11.8 Å². The summed E-state index contributed by atoms with van der Waals surface area (Å²) >= 11 is 0. The Morgan fingerprint density at radius 3 is 2.69 bits per heavy atom. The van der Waals surface area contributed by atoms with Crippen molar-refractivity contribution in [2.75, 3.05) is 6.54 Å². The number of hydrogen-bond donors (Lipinski definition) is 2. The number of aliphatic hydroxyl groups is 1. The lowest BCUT2D eigenvalue weighted by atomic mass is 10.1. The van der Waals surface area contributed by atoms with Crippen molar-refractivity contribution in [3.63, 3.8) is 0 Å². The van der Waals surface area contributed by atoms with Crippen LogP contribution in [0.5, 0.6) is 0 Å². The molecular weight excluding hydrogens is 334 g/mol. The number of aliphatic hydroxyl groups excluding tert-OH is 1. The summed E-state index contributed by atoms with van der Waals surface area (Å²) in [5, 5.41) is 16.6. The van der Waals surface area contributed by atoms with Gasteiger partial charge in [0.25, 0.3) is 0 Å². The third-order valence-electron chi connectivity index (χ3n) is 4.49. The van der Waals surface area contributed by atoms with Crippen LogP contribution < -0.4 is 5.32 Å². The van der Waals surface area contributed by atoms with E-state index in [-0.39, 0.29) is 31.2 Å². The van der Waals surface area contributed by atoms with Crippen LogP contribution >= 0.6 is 0 Å². The second-order valence-electron chi connectivity index (χ2n) is 6.77. The Hall–Kier alpha value is -2.67. The van der Waals surface area contributed by atoms with Gasteiger partial charge >= 0.3 is 0 Å². The highest BCUT2D eigenvalue weighted by Crippen LogP contribution is 2.20. The summed E-state index contributed by atoms with van der Waals surface area (Å²) in [4.78, 5) is 26.5. The van der Waals surface area contributed by atoms with Gasteiger partial charge in [-0.2, -0.15) is 0 Å². The van der Waals surface area contributed by atoms with Crippen LogP contribution in [0.15, 0.2) is 34.9 Å². The van der Waals surface area contributed by atoms with Crippen molar-refractivity contribution in [1.29, 1.82) is 0 Å². The molecule has 0 aliphatic carbocycles. The molecule has 1 aliphatic heterocycles. The minimum Gasteiger partial charge on any atom is -0.391 e. The number of hydrogen-bond acceptors (Lipinski definition) is 5. The van der Waals surface area contributed by atoms with Crippen molar-refractivity contribution in [3.8, 4) is 0 Å². The number of amides is 2. The smallest absolute Gasteiger partial charge is 0.243 e. The molecule has 7 nitrogen and oxygen atoms in total. The summed E-state index contributed by atoms with van der Waals surface area (Å²) in [6.07, 6.45) is -0.443. The molecular formula is C19H23N3O4. The maximum atomic E-state index is 12.6. The SMILES string of the molecule is Cc1ccc(CNC(=O)[C@@H]2C[C@@H](O)CN2C(=O)Cc2cc(C)no2)cc1. The van der Waals surface area contributed by atoms with E-state index >= 15 is 0 Å². The zero-order chi connectivity index (χ0) is 18.7. The van der Waals surface area contributed by atoms with Gasteiger partial charge in [0.05, 0.1) is 18.2 Å². The minimum absolute atomic E-state index is 0.0231. The van der Waals surface area contributed by atoms with Gasteiger partial charge in [-0.15, -0.1) is 0 Å². The number of likely N-dealkylation sites (tertiary alicyclic amines) is 1. The first kappa shape index (κ1) is 18.1. The summed E-state index contributed by atoms with van der Waals surface area (Å²) in [5.41, 5.74) is 2.83. The summed E-state index contributed by atoms with van der Waals surface area (Å²) < 4.78 is 5.07. The van der Waals surface area contributed by atoms with Crippen LogP contribution in [0.25, 0.3) is 0 Å². The number of nitrogens with one attached hydrogen (secondary N) is 1. The van der Waals surface area contributed by atoms with Crippen molar-refractivity contribution in [1.82, 2.24) is 15.4 Å². The van der Waals surface area contributed by atoms with Crippen molar-refractivity contribution in [2.45, 2.75) is 45.4 Å². The molecule has 1 aromatic carbocycles. The van der Waals surface area contributed by atoms with Gasteiger partial charge < -0.3 is 19.8 Å². The lowest BCUT2D eigenvalue weighted by molar-refractivity contribution is -0.138. The Morgan fingerprint density at radius 1 is 1.31 bits per heavy atom. The summed E-state index contributed by atoms with van der Waals surface area (Å²) in [6, 6.07) is 8.89. The zero-order valence-electron chi connectivity index (χ0n) is 14.9. The van der Waals surface area contributed by atoms with Crippen LogP contribution in [-0.4, -0.2) is 45.7 Å². The lowest BCUT2D eigenvalue weighted by Gasteiger charge is -2.23. The number of aromatic nitrogens is 1. The number of carbonyl (C=O) groups excluding carboxylic acids is 2. The highest BCUT2D eigenvalue weighted by Gasteiger charge is 2.38. The van der Waals surface area contributed by atoms with E-state index < -0.39 is 12.1 Å². The van der Waals surface area contributed by atoms with Crippen LogP contribution in [0.4, 0.5) is 0 Å². The molecule has 2 amide bonds. The molecule has 0 unspecified atom stereocenters. The van der Waals surface area contributed by atoms with Crippen LogP contribution in [-0.2, 0) is 22.6 Å². The van der Waals surface area contributed by atoms with E-state index in [2.05, 4.69) is 10.5 Å². The standard InChI is InChI=1S/C19H23N3O4/c1-12-3-5-14(6-4-12)10-20-19(25)17-8-15(23)11-22(17)18(24)9-16-7-13(2)21-26-16/h3-7,15,17,23H,8-11H2,1-2H3,(H,20,25)/t15-,17+/m1/s1. The average Bonchev–Trinajstić information content (AvgIpc) is 3.19. The van der Waals surface area contributed by atoms with E-state index in [9.17, 15) is 14.7 Å². The molecule has 2 heterocycles. The number of β-amino-alcohol motifs (C(OH)–C–C–N with tert-alkyl or cyclic N) is 1. The number of benzene rings is 1. The summed E-state index contributed by atoms with van der Waals surface area (Å²) in [7, 11) is 0. The van der Waals surface area contributed by atoms with Crippen molar-refractivity contribution in [3.05, 3.63) is 52.9 Å².